The fraction of sp³-hybridized carbons (Fsp3) is 0.750. The van der Waals surface area contributed by atoms with Gasteiger partial charge in [-0.15, -0.1) is 0 Å². The zero-order chi connectivity index (χ0) is 18.8. The van der Waals surface area contributed by atoms with Crippen molar-refractivity contribution in [2.24, 2.45) is 7.05 Å². The molecule has 1 unspecified atom stereocenters. The van der Waals surface area contributed by atoms with Crippen molar-refractivity contribution in [1.29, 1.82) is 0 Å². The molecule has 0 spiro atoms. The first-order chi connectivity index (χ1) is 11.5. The van der Waals surface area contributed by atoms with Crippen LogP contribution in [0.1, 0.15) is 45.9 Å². The topological polar surface area (TPSA) is 93.5 Å². The van der Waals surface area contributed by atoms with Crippen LogP contribution < -0.4 is 5.32 Å². The quantitative estimate of drug-likeness (QED) is 0.870. The van der Waals surface area contributed by atoms with E-state index >= 15 is 0 Å². The molecule has 1 saturated heterocycles. The van der Waals surface area contributed by atoms with E-state index in [1.54, 1.807) is 39.3 Å². The van der Waals surface area contributed by atoms with E-state index in [0.29, 0.717) is 18.8 Å². The first-order valence-corrected chi connectivity index (χ1v) is 9.93. The Labute approximate surface area is 149 Å². The molecule has 8 nitrogen and oxygen atoms in total. The number of hydrogen-bond acceptors (Lipinski definition) is 5. The molecule has 0 aromatic carbocycles. The molecular weight excluding hydrogens is 344 g/mol. The summed E-state index contributed by atoms with van der Waals surface area (Å²) in [7, 11) is -1.92. The number of nitrogens with one attached hydrogen (secondary N) is 1. The third-order valence-electron chi connectivity index (χ3n) is 4.11. The molecule has 1 aliphatic heterocycles. The van der Waals surface area contributed by atoms with Gasteiger partial charge in [-0.05, 0) is 40.5 Å². The number of aryl methyl sites for hydroxylation is 2. The Balaban J connectivity index is 2.11. The van der Waals surface area contributed by atoms with Gasteiger partial charge in [0.15, 0.2) is 5.03 Å². The van der Waals surface area contributed by atoms with Gasteiger partial charge in [0.1, 0.15) is 11.4 Å². The summed E-state index contributed by atoms with van der Waals surface area (Å²) in [6, 6.07) is -0.298. The molecule has 1 N–H and O–H groups in total. The zero-order valence-electron chi connectivity index (χ0n) is 15.6. The van der Waals surface area contributed by atoms with Crippen molar-refractivity contribution in [1.82, 2.24) is 19.2 Å². The fourth-order valence-corrected chi connectivity index (χ4v) is 4.50. The van der Waals surface area contributed by atoms with E-state index in [4.69, 9.17) is 4.74 Å². The standard InChI is InChI=1S/C16H28N4O4S/c1-12-18-14(11-19(12)5)25(22,23)20-9-7-6-8-13(20)10-17-15(21)24-16(2,3)4/h11,13H,6-10H2,1-5H3,(H,17,21). The molecule has 25 heavy (non-hydrogen) atoms. The second-order valence-corrected chi connectivity index (χ2v) is 9.22. The van der Waals surface area contributed by atoms with E-state index in [2.05, 4.69) is 10.3 Å². The highest BCUT2D eigenvalue weighted by molar-refractivity contribution is 7.89. The molecule has 1 aliphatic rings. The maximum Gasteiger partial charge on any atom is 0.407 e. The molecular formula is C16H28N4O4S. The number of sulfonamides is 1. The Morgan fingerprint density at radius 2 is 2.08 bits per heavy atom. The van der Waals surface area contributed by atoms with Crippen LogP contribution >= 0.6 is 0 Å². The van der Waals surface area contributed by atoms with Gasteiger partial charge >= 0.3 is 6.09 Å². The average molecular weight is 372 g/mol. The third-order valence-corrected chi connectivity index (χ3v) is 5.94. The molecule has 9 heteroatoms. The SMILES string of the molecule is Cc1nc(S(=O)(=O)N2CCCCC2CNC(=O)OC(C)(C)C)cn1C. The van der Waals surface area contributed by atoms with Crippen LogP contribution in [0.4, 0.5) is 4.79 Å². The van der Waals surface area contributed by atoms with Crippen molar-refractivity contribution in [2.45, 2.75) is 63.6 Å². The number of hydrogen-bond donors (Lipinski definition) is 1. The maximum atomic E-state index is 12.9. The number of carbonyl (C=O) groups is 1. The second-order valence-electron chi connectivity index (χ2n) is 7.39. The summed E-state index contributed by atoms with van der Waals surface area (Å²) in [4.78, 5) is 16.0. The van der Waals surface area contributed by atoms with Crippen LogP contribution in [0.3, 0.4) is 0 Å². The highest BCUT2D eigenvalue weighted by Gasteiger charge is 2.35. The molecule has 1 fully saturated rings. The van der Waals surface area contributed by atoms with Crippen molar-refractivity contribution in [3.05, 3.63) is 12.0 Å². The summed E-state index contributed by atoms with van der Waals surface area (Å²) >= 11 is 0. The molecule has 142 valence electrons. The monoisotopic (exact) mass is 372 g/mol. The van der Waals surface area contributed by atoms with Crippen LogP contribution in [-0.4, -0.2) is 53.1 Å². The summed E-state index contributed by atoms with van der Waals surface area (Å²) in [6.45, 7) is 7.77. The highest BCUT2D eigenvalue weighted by Crippen LogP contribution is 2.24. The average Bonchev–Trinajstić information content (AvgIpc) is 2.84. The van der Waals surface area contributed by atoms with Crippen molar-refractivity contribution in [2.75, 3.05) is 13.1 Å². The molecule has 1 amide bonds. The van der Waals surface area contributed by atoms with Crippen LogP contribution in [0.15, 0.2) is 11.2 Å². The number of imidazole rings is 1. The normalized spacial score (nSPS) is 19.6. The van der Waals surface area contributed by atoms with Gasteiger partial charge in [0.25, 0.3) is 10.0 Å². The summed E-state index contributed by atoms with van der Waals surface area (Å²) in [5.74, 6) is 0.638. The van der Waals surface area contributed by atoms with Gasteiger partial charge in [-0.25, -0.2) is 18.2 Å². The van der Waals surface area contributed by atoms with Crippen LogP contribution in [0.5, 0.6) is 0 Å². The lowest BCUT2D eigenvalue weighted by atomic mass is 10.1. The molecule has 1 aromatic heterocycles. The number of rotatable bonds is 4. The Kier molecular flexibility index (Phi) is 5.78. The van der Waals surface area contributed by atoms with Gasteiger partial charge in [0, 0.05) is 32.4 Å². The maximum absolute atomic E-state index is 12.9. The lowest BCUT2D eigenvalue weighted by molar-refractivity contribution is 0.0512. The molecule has 0 aliphatic carbocycles. The van der Waals surface area contributed by atoms with Gasteiger partial charge in [-0.1, -0.05) is 6.42 Å². The number of piperidine rings is 1. The van der Waals surface area contributed by atoms with Crippen molar-refractivity contribution in [3.8, 4) is 0 Å². The number of aromatic nitrogens is 2. The smallest absolute Gasteiger partial charge is 0.407 e. The van der Waals surface area contributed by atoms with Crippen LogP contribution in [0.2, 0.25) is 0 Å². The van der Waals surface area contributed by atoms with Crippen LogP contribution in [-0.2, 0) is 21.8 Å². The van der Waals surface area contributed by atoms with E-state index in [0.717, 1.165) is 12.8 Å². The third kappa shape index (κ3) is 4.94. The van der Waals surface area contributed by atoms with E-state index in [1.165, 1.54) is 10.5 Å². The van der Waals surface area contributed by atoms with Crippen LogP contribution in [0, 0.1) is 6.92 Å². The molecule has 1 aromatic rings. The lowest BCUT2D eigenvalue weighted by Crippen LogP contribution is -2.49. The lowest BCUT2D eigenvalue weighted by Gasteiger charge is -2.34. The molecule has 0 radical (unpaired) electrons. The Bertz CT molecular complexity index is 701. The molecule has 0 saturated carbocycles. The molecule has 2 heterocycles. The van der Waals surface area contributed by atoms with Gasteiger partial charge in [0.2, 0.25) is 0 Å². The van der Waals surface area contributed by atoms with Crippen molar-refractivity contribution < 1.29 is 17.9 Å². The van der Waals surface area contributed by atoms with Crippen LogP contribution in [0.25, 0.3) is 0 Å². The zero-order valence-corrected chi connectivity index (χ0v) is 16.4. The van der Waals surface area contributed by atoms with Gasteiger partial charge in [0.05, 0.1) is 0 Å². The predicted molar refractivity (Wildman–Crippen MR) is 93.7 cm³/mol. The first-order valence-electron chi connectivity index (χ1n) is 8.49. The Hall–Kier alpha value is -1.61. The molecule has 0 bridgehead atoms. The second kappa shape index (κ2) is 7.33. The fourth-order valence-electron chi connectivity index (χ4n) is 2.78. The first kappa shape index (κ1) is 19.7. The van der Waals surface area contributed by atoms with Crippen molar-refractivity contribution >= 4 is 16.1 Å². The summed E-state index contributed by atoms with van der Waals surface area (Å²) in [5.41, 5.74) is -0.589. The predicted octanol–water partition coefficient (Wildman–Crippen LogP) is 1.80. The summed E-state index contributed by atoms with van der Waals surface area (Å²) < 4.78 is 34.2. The number of nitrogens with zero attached hydrogens (tertiary/aromatic N) is 3. The van der Waals surface area contributed by atoms with Gasteiger partial charge in [-0.3, -0.25) is 0 Å². The summed E-state index contributed by atoms with van der Waals surface area (Å²) in [5, 5.41) is 2.74. The van der Waals surface area contributed by atoms with E-state index in [-0.39, 0.29) is 17.6 Å². The Morgan fingerprint density at radius 1 is 1.40 bits per heavy atom. The number of alkyl carbamates (subject to hydrolysis) is 1. The van der Waals surface area contributed by atoms with Gasteiger partial charge in [-0.2, -0.15) is 4.31 Å². The van der Waals surface area contributed by atoms with Gasteiger partial charge < -0.3 is 14.6 Å². The van der Waals surface area contributed by atoms with E-state index in [1.807, 2.05) is 0 Å². The highest BCUT2D eigenvalue weighted by atomic mass is 32.2. The van der Waals surface area contributed by atoms with E-state index in [9.17, 15) is 13.2 Å². The minimum atomic E-state index is -3.69. The van der Waals surface area contributed by atoms with Crippen molar-refractivity contribution in [3.63, 3.8) is 0 Å². The largest absolute Gasteiger partial charge is 0.444 e. The number of amides is 1. The molecule has 1 atom stereocenters. The molecule has 2 rings (SSSR count). The number of carbonyl (C=O) groups excluding carboxylic acids is 1. The minimum absolute atomic E-state index is 0.0525. The van der Waals surface area contributed by atoms with E-state index < -0.39 is 21.7 Å². The minimum Gasteiger partial charge on any atom is -0.444 e. The number of ether oxygens (including phenoxy) is 1. The Morgan fingerprint density at radius 3 is 2.64 bits per heavy atom. The summed E-state index contributed by atoms with van der Waals surface area (Å²) in [6.07, 6.45) is 3.41.